The predicted molar refractivity (Wildman–Crippen MR) is 126 cm³/mol. The summed E-state index contributed by atoms with van der Waals surface area (Å²) >= 11 is 0. The number of nitrogens with zero attached hydrogens (tertiary/aromatic N) is 1. The summed E-state index contributed by atoms with van der Waals surface area (Å²) < 4.78 is 0. The number of hydrogen-bond acceptors (Lipinski definition) is 6. The fraction of sp³-hybridized carbons (Fsp3) is 0.958. The van der Waals surface area contributed by atoms with Gasteiger partial charge in [-0.1, -0.05) is 69.2 Å². The van der Waals surface area contributed by atoms with Crippen LogP contribution in [-0.4, -0.2) is 35.6 Å². The van der Waals surface area contributed by atoms with Gasteiger partial charge in [0.05, 0.1) is 18.3 Å². The minimum absolute atomic E-state index is 0.0155. The maximum Gasteiger partial charge on any atom is 0.140 e. The van der Waals surface area contributed by atoms with Crippen LogP contribution in [0.5, 0.6) is 0 Å². The molecular weight excluding hydrogens is 378 g/mol. The molecule has 0 aliphatic rings. The van der Waals surface area contributed by atoms with Crippen molar-refractivity contribution in [1.29, 1.82) is 0 Å². The Morgan fingerprint density at radius 2 is 1.47 bits per heavy atom. The Bertz CT molecular complexity index is 449. The van der Waals surface area contributed by atoms with Gasteiger partial charge < -0.3 is 0 Å². The van der Waals surface area contributed by atoms with Gasteiger partial charge in [0.25, 0.3) is 0 Å². The van der Waals surface area contributed by atoms with E-state index in [1.54, 1.807) is 0 Å². The Morgan fingerprint density at radius 3 is 1.83 bits per heavy atom. The van der Waals surface area contributed by atoms with Crippen molar-refractivity contribution in [3.63, 3.8) is 0 Å². The average molecular weight is 431 g/mol. The molecule has 0 fully saturated rings. The zero-order chi connectivity index (χ0) is 23.6. The monoisotopic (exact) mass is 430 g/mol. The van der Waals surface area contributed by atoms with E-state index in [1.807, 2.05) is 5.06 Å². The molecule has 6 heteroatoms. The number of hydrogen-bond donors (Lipinski definition) is 2. The first-order valence-electron chi connectivity index (χ1n) is 12.0. The number of rotatable bonds is 16. The standard InChI is InChI=1S/C24H52N3O3/c1-13-21(25-30-23(12,14-2)15-3)24(16-4,26-29-20(8)22(9,10)11)27(17-5)28-18-19(6)7/h19-20,25-26H,13-18H2,1-12H3. The zero-order valence-electron chi connectivity index (χ0n) is 22.1. The second-order valence-corrected chi connectivity index (χ2v) is 10.0. The first kappa shape index (κ1) is 29.8. The minimum Gasteiger partial charge on any atom is -0.297 e. The lowest BCUT2D eigenvalue weighted by atomic mass is 9.90. The van der Waals surface area contributed by atoms with Crippen molar-refractivity contribution in [3.8, 4) is 0 Å². The topological polar surface area (TPSA) is 55.0 Å². The van der Waals surface area contributed by atoms with Gasteiger partial charge in [-0.25, -0.2) is 0 Å². The van der Waals surface area contributed by atoms with E-state index < -0.39 is 5.66 Å². The SMILES string of the molecule is CC[C](NOC(C)(CC)CC)C(CC)(NOC(C)C(C)(C)C)N(CC)OCC(C)C. The van der Waals surface area contributed by atoms with Gasteiger partial charge in [0.15, 0.2) is 0 Å². The van der Waals surface area contributed by atoms with E-state index in [0.717, 1.165) is 31.7 Å². The first-order chi connectivity index (χ1) is 13.9. The van der Waals surface area contributed by atoms with Gasteiger partial charge in [-0.2, -0.15) is 16.0 Å². The van der Waals surface area contributed by atoms with Crippen LogP contribution in [0.25, 0.3) is 0 Å². The molecule has 0 amide bonds. The molecule has 0 rings (SSSR count). The lowest BCUT2D eigenvalue weighted by Crippen LogP contribution is -2.66. The summed E-state index contributed by atoms with van der Waals surface area (Å²) in [5.74, 6) is 0.431. The second kappa shape index (κ2) is 13.3. The van der Waals surface area contributed by atoms with Crippen LogP contribution in [0.15, 0.2) is 0 Å². The van der Waals surface area contributed by atoms with Crippen LogP contribution in [0.3, 0.4) is 0 Å². The fourth-order valence-electron chi connectivity index (χ4n) is 2.83. The number of likely N-dealkylation sites (N-methyl/N-ethyl adjacent to an activating group) is 1. The summed E-state index contributed by atoms with van der Waals surface area (Å²) in [4.78, 5) is 18.7. The highest BCUT2D eigenvalue weighted by atomic mass is 16.7. The van der Waals surface area contributed by atoms with Crippen molar-refractivity contribution >= 4 is 0 Å². The predicted octanol–water partition coefficient (Wildman–Crippen LogP) is 6.00. The Morgan fingerprint density at radius 1 is 0.900 bits per heavy atom. The highest BCUT2D eigenvalue weighted by Crippen LogP contribution is 2.32. The van der Waals surface area contributed by atoms with Crippen LogP contribution in [0, 0.1) is 17.4 Å². The molecule has 2 unspecified atom stereocenters. The maximum atomic E-state index is 6.27. The van der Waals surface area contributed by atoms with Gasteiger partial charge in [0, 0.05) is 6.54 Å². The van der Waals surface area contributed by atoms with E-state index in [4.69, 9.17) is 14.5 Å². The molecule has 2 N–H and O–H groups in total. The molecule has 0 aromatic heterocycles. The largest absolute Gasteiger partial charge is 0.297 e. The Hall–Kier alpha value is -0.240. The molecule has 0 saturated heterocycles. The van der Waals surface area contributed by atoms with E-state index in [9.17, 15) is 0 Å². The minimum atomic E-state index is -0.652. The Kier molecular flexibility index (Phi) is 13.2. The lowest BCUT2D eigenvalue weighted by Gasteiger charge is -2.48. The summed E-state index contributed by atoms with van der Waals surface area (Å²) in [7, 11) is 0. The highest BCUT2D eigenvalue weighted by molar-refractivity contribution is 5.06. The van der Waals surface area contributed by atoms with E-state index in [1.165, 1.54) is 0 Å². The molecule has 2 atom stereocenters. The molecule has 0 aromatic rings. The van der Waals surface area contributed by atoms with Crippen molar-refractivity contribution in [3.05, 3.63) is 6.04 Å². The molecule has 0 saturated carbocycles. The van der Waals surface area contributed by atoms with Crippen molar-refractivity contribution < 1.29 is 14.5 Å². The quantitative estimate of drug-likeness (QED) is 0.231. The summed E-state index contributed by atoms with van der Waals surface area (Å²) in [6.45, 7) is 27.1. The first-order valence-corrected chi connectivity index (χ1v) is 12.0. The van der Waals surface area contributed by atoms with Gasteiger partial charge in [0.1, 0.15) is 11.7 Å². The van der Waals surface area contributed by atoms with E-state index in [2.05, 4.69) is 94.0 Å². The number of nitrogens with one attached hydrogen (secondary N) is 2. The molecule has 0 aliphatic heterocycles. The third-order valence-electron chi connectivity index (χ3n) is 6.18. The summed E-state index contributed by atoms with van der Waals surface area (Å²) in [5.41, 5.74) is 5.87. The van der Waals surface area contributed by atoms with E-state index in [0.29, 0.717) is 19.1 Å². The normalized spacial score (nSPS) is 16.5. The molecule has 0 bridgehead atoms. The van der Waals surface area contributed by atoms with Crippen LogP contribution in [0.4, 0.5) is 0 Å². The van der Waals surface area contributed by atoms with Gasteiger partial charge in [0.2, 0.25) is 0 Å². The molecule has 0 heterocycles. The van der Waals surface area contributed by atoms with Crippen LogP contribution in [-0.2, 0) is 14.5 Å². The third kappa shape index (κ3) is 8.71. The molecule has 0 spiro atoms. The fourth-order valence-corrected chi connectivity index (χ4v) is 2.83. The van der Waals surface area contributed by atoms with Crippen molar-refractivity contribution in [2.45, 2.75) is 126 Å². The van der Waals surface area contributed by atoms with Crippen LogP contribution < -0.4 is 11.0 Å². The lowest BCUT2D eigenvalue weighted by molar-refractivity contribution is -0.279. The van der Waals surface area contributed by atoms with Crippen LogP contribution >= 0.6 is 0 Å². The number of hydroxylamine groups is 4. The third-order valence-corrected chi connectivity index (χ3v) is 6.18. The molecule has 181 valence electrons. The molecule has 30 heavy (non-hydrogen) atoms. The summed E-state index contributed by atoms with van der Waals surface area (Å²) in [5, 5.41) is 2.01. The van der Waals surface area contributed by atoms with Crippen LogP contribution in [0.2, 0.25) is 0 Å². The maximum absolute atomic E-state index is 6.27. The molecule has 6 nitrogen and oxygen atoms in total. The van der Waals surface area contributed by atoms with Crippen molar-refractivity contribution in [2.24, 2.45) is 11.3 Å². The van der Waals surface area contributed by atoms with E-state index in [-0.39, 0.29) is 17.1 Å². The van der Waals surface area contributed by atoms with Crippen molar-refractivity contribution in [2.75, 3.05) is 13.2 Å². The molecule has 0 aromatic carbocycles. The Labute approximate surface area is 187 Å². The highest BCUT2D eigenvalue weighted by Gasteiger charge is 2.45. The van der Waals surface area contributed by atoms with Gasteiger partial charge >= 0.3 is 0 Å². The zero-order valence-corrected chi connectivity index (χ0v) is 22.1. The smallest absolute Gasteiger partial charge is 0.140 e. The van der Waals surface area contributed by atoms with Crippen molar-refractivity contribution in [1.82, 2.24) is 16.0 Å². The summed E-state index contributed by atoms with van der Waals surface area (Å²) in [6, 6.07) is 1.00. The summed E-state index contributed by atoms with van der Waals surface area (Å²) in [6.07, 6.45) is 3.41. The molecule has 0 aliphatic carbocycles. The second-order valence-electron chi connectivity index (χ2n) is 10.0. The molecular formula is C24H52N3O3. The Balaban J connectivity index is 5.87. The average Bonchev–Trinajstić information content (AvgIpc) is 2.70. The molecule has 1 radical (unpaired) electrons. The van der Waals surface area contributed by atoms with Gasteiger partial charge in [-0.3, -0.25) is 14.5 Å². The van der Waals surface area contributed by atoms with E-state index >= 15 is 0 Å². The van der Waals surface area contributed by atoms with Gasteiger partial charge in [-0.15, -0.1) is 0 Å². The van der Waals surface area contributed by atoms with Gasteiger partial charge in [-0.05, 0) is 50.9 Å². The van der Waals surface area contributed by atoms with Crippen LogP contribution in [0.1, 0.15) is 109 Å².